The Labute approximate surface area is 85.3 Å². The molecule has 1 rings (SSSR count). The molecule has 0 aliphatic rings. The molecule has 1 aromatic rings. The molecular formula is C12H17NO. The van der Waals surface area contributed by atoms with Crippen molar-refractivity contribution in [2.45, 2.75) is 32.4 Å². The molecule has 0 spiro atoms. The first-order chi connectivity index (χ1) is 6.58. The third-order valence-electron chi connectivity index (χ3n) is 1.81. The van der Waals surface area contributed by atoms with Gasteiger partial charge in [-0.25, -0.2) is 0 Å². The van der Waals surface area contributed by atoms with Crippen molar-refractivity contribution >= 4 is 6.21 Å². The minimum Gasteiger partial charge on any atom is -0.370 e. The van der Waals surface area contributed by atoms with Crippen molar-refractivity contribution < 1.29 is 5.11 Å². The van der Waals surface area contributed by atoms with Crippen LogP contribution < -0.4 is 0 Å². The number of aliphatic imine (C=N–C) groups is 1. The molecule has 76 valence electrons. The SMILES string of the molecule is CC(C)(O)/N=C\CCc1ccccc1. The van der Waals surface area contributed by atoms with Crippen molar-refractivity contribution in [2.24, 2.45) is 4.99 Å². The van der Waals surface area contributed by atoms with Gasteiger partial charge in [0.2, 0.25) is 0 Å². The number of benzene rings is 1. The summed E-state index contributed by atoms with van der Waals surface area (Å²) in [5, 5.41) is 9.32. The van der Waals surface area contributed by atoms with E-state index in [-0.39, 0.29) is 0 Å². The molecule has 0 amide bonds. The lowest BCUT2D eigenvalue weighted by atomic mass is 10.1. The van der Waals surface area contributed by atoms with Crippen LogP contribution in [0.4, 0.5) is 0 Å². The smallest absolute Gasteiger partial charge is 0.149 e. The average molecular weight is 191 g/mol. The normalized spacial score (nSPS) is 12.2. The van der Waals surface area contributed by atoms with Gasteiger partial charge in [0.25, 0.3) is 0 Å². The van der Waals surface area contributed by atoms with Crippen molar-refractivity contribution in [3.63, 3.8) is 0 Å². The fourth-order valence-corrected chi connectivity index (χ4v) is 1.16. The second-order valence-electron chi connectivity index (χ2n) is 3.83. The predicted molar refractivity (Wildman–Crippen MR) is 59.6 cm³/mol. The van der Waals surface area contributed by atoms with Gasteiger partial charge in [-0.2, -0.15) is 0 Å². The average Bonchev–Trinajstić information content (AvgIpc) is 2.13. The summed E-state index contributed by atoms with van der Waals surface area (Å²) in [4.78, 5) is 4.00. The highest BCUT2D eigenvalue weighted by atomic mass is 16.3. The van der Waals surface area contributed by atoms with Gasteiger partial charge in [-0.05, 0) is 32.3 Å². The summed E-state index contributed by atoms with van der Waals surface area (Å²) in [5.41, 5.74) is 0.367. The van der Waals surface area contributed by atoms with Gasteiger partial charge in [0, 0.05) is 6.21 Å². The summed E-state index contributed by atoms with van der Waals surface area (Å²) in [5.74, 6) is 0. The number of aliphatic hydroxyl groups is 1. The topological polar surface area (TPSA) is 32.6 Å². The Balaban J connectivity index is 2.33. The summed E-state index contributed by atoms with van der Waals surface area (Å²) >= 11 is 0. The van der Waals surface area contributed by atoms with Crippen LogP contribution in [-0.2, 0) is 6.42 Å². The van der Waals surface area contributed by atoms with Gasteiger partial charge in [-0.15, -0.1) is 0 Å². The fraction of sp³-hybridized carbons (Fsp3) is 0.417. The third-order valence-corrected chi connectivity index (χ3v) is 1.81. The molecule has 0 fully saturated rings. The standard InChI is InChI=1S/C12H17NO/c1-12(2,14)13-10-6-9-11-7-4-3-5-8-11/h3-5,7-8,10,14H,6,9H2,1-2H3/b13-10-. The zero-order valence-electron chi connectivity index (χ0n) is 8.77. The molecule has 0 heterocycles. The monoisotopic (exact) mass is 191 g/mol. The van der Waals surface area contributed by atoms with Crippen molar-refractivity contribution in [1.29, 1.82) is 0 Å². The third kappa shape index (κ3) is 4.77. The molecule has 1 aromatic carbocycles. The second kappa shape index (κ2) is 4.91. The Bertz CT molecular complexity index is 285. The van der Waals surface area contributed by atoms with Gasteiger partial charge in [-0.1, -0.05) is 30.3 Å². The van der Waals surface area contributed by atoms with E-state index in [4.69, 9.17) is 0 Å². The summed E-state index contributed by atoms with van der Waals surface area (Å²) < 4.78 is 0. The number of nitrogens with zero attached hydrogens (tertiary/aromatic N) is 1. The first-order valence-electron chi connectivity index (χ1n) is 4.88. The van der Waals surface area contributed by atoms with E-state index in [2.05, 4.69) is 17.1 Å². The van der Waals surface area contributed by atoms with Crippen LogP contribution >= 0.6 is 0 Å². The summed E-state index contributed by atoms with van der Waals surface area (Å²) in [6.45, 7) is 3.35. The molecule has 0 saturated heterocycles. The van der Waals surface area contributed by atoms with Crippen LogP contribution in [0, 0.1) is 0 Å². The van der Waals surface area contributed by atoms with Crippen LogP contribution in [0.2, 0.25) is 0 Å². The Morgan fingerprint density at radius 2 is 1.93 bits per heavy atom. The van der Waals surface area contributed by atoms with Crippen molar-refractivity contribution in [2.75, 3.05) is 0 Å². The van der Waals surface area contributed by atoms with E-state index in [1.54, 1.807) is 20.1 Å². The molecule has 0 aliphatic heterocycles. The molecule has 2 heteroatoms. The highest BCUT2D eigenvalue weighted by molar-refractivity contribution is 5.58. The lowest BCUT2D eigenvalue weighted by molar-refractivity contribution is 0.0913. The van der Waals surface area contributed by atoms with Crippen LogP contribution in [0.3, 0.4) is 0 Å². The van der Waals surface area contributed by atoms with E-state index in [1.807, 2.05) is 18.2 Å². The Kier molecular flexibility index (Phi) is 3.84. The maximum atomic E-state index is 9.32. The van der Waals surface area contributed by atoms with Gasteiger partial charge in [0.15, 0.2) is 0 Å². The van der Waals surface area contributed by atoms with E-state index in [9.17, 15) is 5.11 Å². The Morgan fingerprint density at radius 1 is 1.29 bits per heavy atom. The van der Waals surface area contributed by atoms with E-state index < -0.39 is 5.72 Å². The van der Waals surface area contributed by atoms with Gasteiger partial charge in [0.1, 0.15) is 5.72 Å². The first-order valence-corrected chi connectivity index (χ1v) is 4.88. The molecule has 0 radical (unpaired) electrons. The van der Waals surface area contributed by atoms with Gasteiger partial charge < -0.3 is 5.11 Å². The molecule has 0 saturated carbocycles. The fourth-order valence-electron chi connectivity index (χ4n) is 1.16. The zero-order chi connectivity index (χ0) is 10.4. The molecule has 0 unspecified atom stereocenters. The number of rotatable bonds is 4. The highest BCUT2D eigenvalue weighted by Gasteiger charge is 2.06. The van der Waals surface area contributed by atoms with E-state index >= 15 is 0 Å². The molecule has 1 N–H and O–H groups in total. The largest absolute Gasteiger partial charge is 0.370 e. The predicted octanol–water partition coefficient (Wildman–Crippen LogP) is 2.42. The van der Waals surface area contributed by atoms with E-state index in [0.29, 0.717) is 0 Å². The highest BCUT2D eigenvalue weighted by Crippen LogP contribution is 2.04. The summed E-state index contributed by atoms with van der Waals surface area (Å²) in [6, 6.07) is 10.3. The summed E-state index contributed by atoms with van der Waals surface area (Å²) in [7, 11) is 0. The van der Waals surface area contributed by atoms with Crippen molar-refractivity contribution in [1.82, 2.24) is 0 Å². The minimum absolute atomic E-state index is 0.869. The minimum atomic E-state index is -0.934. The van der Waals surface area contributed by atoms with Crippen molar-refractivity contribution in [3.05, 3.63) is 35.9 Å². The molecule has 14 heavy (non-hydrogen) atoms. The number of hydrogen-bond donors (Lipinski definition) is 1. The molecule has 0 bridgehead atoms. The van der Waals surface area contributed by atoms with Crippen LogP contribution in [0.5, 0.6) is 0 Å². The Hall–Kier alpha value is -1.15. The molecule has 0 aliphatic carbocycles. The lowest BCUT2D eigenvalue weighted by Gasteiger charge is -2.09. The molecule has 0 atom stereocenters. The van der Waals surface area contributed by atoms with E-state index in [1.165, 1.54) is 5.56 Å². The lowest BCUT2D eigenvalue weighted by Crippen LogP contribution is -2.14. The van der Waals surface area contributed by atoms with Gasteiger partial charge in [0.05, 0.1) is 0 Å². The quantitative estimate of drug-likeness (QED) is 0.728. The van der Waals surface area contributed by atoms with Crippen LogP contribution in [-0.4, -0.2) is 17.0 Å². The van der Waals surface area contributed by atoms with Crippen molar-refractivity contribution in [3.8, 4) is 0 Å². The second-order valence-corrected chi connectivity index (χ2v) is 3.83. The van der Waals surface area contributed by atoms with Gasteiger partial charge in [-0.3, -0.25) is 4.99 Å². The maximum Gasteiger partial charge on any atom is 0.149 e. The molecule has 2 nitrogen and oxygen atoms in total. The number of aryl methyl sites for hydroxylation is 1. The Morgan fingerprint density at radius 3 is 2.50 bits per heavy atom. The van der Waals surface area contributed by atoms with Crippen LogP contribution in [0.25, 0.3) is 0 Å². The van der Waals surface area contributed by atoms with Gasteiger partial charge >= 0.3 is 0 Å². The number of hydrogen-bond acceptors (Lipinski definition) is 2. The molecule has 0 aromatic heterocycles. The zero-order valence-corrected chi connectivity index (χ0v) is 8.77. The maximum absolute atomic E-state index is 9.32. The molecular weight excluding hydrogens is 174 g/mol. The first kappa shape index (κ1) is 10.9. The summed E-state index contributed by atoms with van der Waals surface area (Å²) in [6.07, 6.45) is 3.63. The van der Waals surface area contributed by atoms with E-state index in [0.717, 1.165) is 12.8 Å². The van der Waals surface area contributed by atoms with Crippen LogP contribution in [0.1, 0.15) is 25.8 Å². The van der Waals surface area contributed by atoms with Crippen LogP contribution in [0.15, 0.2) is 35.3 Å².